The van der Waals surface area contributed by atoms with Crippen LogP contribution in [-0.4, -0.2) is 42.3 Å². The summed E-state index contributed by atoms with van der Waals surface area (Å²) in [5, 5.41) is 3.31. The van der Waals surface area contributed by atoms with Gasteiger partial charge in [0, 0.05) is 11.9 Å². The van der Waals surface area contributed by atoms with Gasteiger partial charge in [-0.2, -0.15) is 0 Å². The van der Waals surface area contributed by atoms with Crippen molar-refractivity contribution >= 4 is 28.9 Å². The van der Waals surface area contributed by atoms with Gasteiger partial charge >= 0.3 is 18.0 Å². The second-order valence-corrected chi connectivity index (χ2v) is 7.41. The van der Waals surface area contributed by atoms with Gasteiger partial charge in [0.1, 0.15) is 12.2 Å². The largest absolute Gasteiger partial charge is 0.465 e. The summed E-state index contributed by atoms with van der Waals surface area (Å²) in [7, 11) is 1.29. The van der Waals surface area contributed by atoms with Crippen LogP contribution >= 0.6 is 0 Å². The van der Waals surface area contributed by atoms with Gasteiger partial charge in [0.25, 0.3) is 0 Å². The van der Waals surface area contributed by atoms with Crippen LogP contribution in [-0.2, 0) is 25.6 Å². The van der Waals surface area contributed by atoms with Gasteiger partial charge in [0.05, 0.1) is 30.3 Å². The number of methoxy groups -OCH3 is 1. The average Bonchev–Trinajstić information content (AvgIpc) is 2.64. The lowest BCUT2D eigenvalue weighted by molar-refractivity contribution is -0.144. The molecular weight excluding hydrogens is 376 g/mol. The molecule has 8 nitrogen and oxygen atoms in total. The zero-order chi connectivity index (χ0) is 21.6. The van der Waals surface area contributed by atoms with Crippen LogP contribution < -0.4 is 5.32 Å². The zero-order valence-corrected chi connectivity index (χ0v) is 17.3. The number of pyridine rings is 1. The number of carbonyl (C=O) groups is 3. The van der Waals surface area contributed by atoms with Gasteiger partial charge in [0.2, 0.25) is 0 Å². The molecule has 0 bridgehead atoms. The van der Waals surface area contributed by atoms with Crippen molar-refractivity contribution in [3.05, 3.63) is 41.1 Å². The lowest BCUT2D eigenvalue weighted by Crippen LogP contribution is -2.33. The Bertz CT molecular complexity index is 917. The Hall–Kier alpha value is -3.16. The van der Waals surface area contributed by atoms with Crippen LogP contribution in [0, 0.1) is 6.92 Å². The molecule has 0 atom stereocenters. The number of carbonyl (C=O) groups excluding carboxylic acids is 3. The molecule has 156 valence electrons. The van der Waals surface area contributed by atoms with Gasteiger partial charge < -0.3 is 19.5 Å². The third-order valence-electron chi connectivity index (χ3n) is 3.98. The minimum Gasteiger partial charge on any atom is -0.465 e. The molecule has 0 fully saturated rings. The molecule has 8 heteroatoms. The van der Waals surface area contributed by atoms with Crippen molar-refractivity contribution < 1.29 is 28.6 Å². The van der Waals surface area contributed by atoms with Crippen LogP contribution in [0.15, 0.2) is 24.3 Å². The Morgan fingerprint density at radius 1 is 1.14 bits per heavy atom. The predicted molar refractivity (Wildman–Crippen MR) is 106 cm³/mol. The molecule has 0 saturated carbocycles. The number of hydrogen-bond donors (Lipinski definition) is 1. The van der Waals surface area contributed by atoms with E-state index in [4.69, 9.17) is 14.2 Å². The number of alkyl carbamates (subject to hydrolysis) is 1. The molecule has 0 aliphatic heterocycles. The van der Waals surface area contributed by atoms with E-state index in [-0.39, 0.29) is 25.1 Å². The number of rotatable bonds is 6. The van der Waals surface area contributed by atoms with Crippen molar-refractivity contribution in [2.75, 3.05) is 13.7 Å². The molecule has 1 heterocycles. The number of nitrogens with one attached hydrogen (secondary N) is 1. The summed E-state index contributed by atoms with van der Waals surface area (Å²) >= 11 is 0. The minimum absolute atomic E-state index is 0.0423. The third kappa shape index (κ3) is 6.17. The highest BCUT2D eigenvalue weighted by atomic mass is 16.6. The van der Waals surface area contributed by atoms with Crippen molar-refractivity contribution in [3.8, 4) is 0 Å². The smallest absolute Gasteiger partial charge is 0.407 e. The van der Waals surface area contributed by atoms with Crippen LogP contribution in [0.5, 0.6) is 0 Å². The van der Waals surface area contributed by atoms with Gasteiger partial charge in [-0.05, 0) is 39.3 Å². The van der Waals surface area contributed by atoms with Gasteiger partial charge in [-0.3, -0.25) is 4.79 Å². The maximum absolute atomic E-state index is 12.2. The number of para-hydroxylation sites is 1. The normalized spacial score (nSPS) is 11.1. The van der Waals surface area contributed by atoms with E-state index >= 15 is 0 Å². The highest BCUT2D eigenvalue weighted by Gasteiger charge is 2.21. The number of nitrogens with zero attached hydrogens (tertiary/aromatic N) is 1. The molecule has 0 saturated heterocycles. The average molecular weight is 402 g/mol. The molecule has 0 radical (unpaired) electrons. The summed E-state index contributed by atoms with van der Waals surface area (Å²) in [6.45, 7) is 6.93. The molecule has 0 spiro atoms. The summed E-state index contributed by atoms with van der Waals surface area (Å²) in [6.07, 6.45) is -0.649. The molecule has 2 rings (SSSR count). The van der Waals surface area contributed by atoms with E-state index in [0.717, 1.165) is 5.39 Å². The second kappa shape index (κ2) is 9.36. The van der Waals surface area contributed by atoms with E-state index < -0.39 is 23.6 Å². The molecule has 1 N–H and O–H groups in total. The monoisotopic (exact) mass is 402 g/mol. The summed E-state index contributed by atoms with van der Waals surface area (Å²) in [5.74, 6) is -1.08. The van der Waals surface area contributed by atoms with Crippen LogP contribution in [0.25, 0.3) is 10.9 Å². The topological polar surface area (TPSA) is 104 Å². The summed E-state index contributed by atoms with van der Waals surface area (Å²) in [6, 6.07) is 7.38. The van der Waals surface area contributed by atoms with E-state index in [1.807, 2.05) is 24.3 Å². The first-order valence-electron chi connectivity index (χ1n) is 9.21. The quantitative estimate of drug-likeness (QED) is 0.584. The standard InChI is InChI=1S/C21H26N2O6/c1-13-14-8-6-7-9-15(14)23-16(18(13)19(25)27-5)12-28-17(24)10-11-22-20(26)29-21(2,3)4/h6-9H,10-12H2,1-5H3,(H,22,26). The van der Waals surface area contributed by atoms with Gasteiger partial charge in [-0.25, -0.2) is 14.6 Å². The minimum atomic E-state index is -0.617. The molecular formula is C21H26N2O6. The number of hydrogen-bond acceptors (Lipinski definition) is 7. The first-order chi connectivity index (χ1) is 13.6. The third-order valence-corrected chi connectivity index (χ3v) is 3.98. The molecule has 1 aromatic carbocycles. The molecule has 0 unspecified atom stereocenters. The Kier molecular flexibility index (Phi) is 7.14. The van der Waals surface area contributed by atoms with E-state index in [0.29, 0.717) is 16.8 Å². The van der Waals surface area contributed by atoms with Crippen LogP contribution in [0.4, 0.5) is 4.79 Å². The number of aromatic nitrogens is 1. The van der Waals surface area contributed by atoms with Crippen molar-refractivity contribution in [1.29, 1.82) is 0 Å². The molecule has 1 amide bonds. The van der Waals surface area contributed by atoms with Crippen LogP contribution in [0.1, 0.15) is 48.8 Å². The lowest BCUT2D eigenvalue weighted by atomic mass is 10.0. The Morgan fingerprint density at radius 3 is 2.48 bits per heavy atom. The maximum atomic E-state index is 12.2. The fourth-order valence-electron chi connectivity index (χ4n) is 2.72. The number of amides is 1. The first-order valence-corrected chi connectivity index (χ1v) is 9.21. The van der Waals surface area contributed by atoms with Gasteiger partial charge in [0.15, 0.2) is 0 Å². The SMILES string of the molecule is COC(=O)c1c(COC(=O)CCNC(=O)OC(C)(C)C)nc2ccccc2c1C. The molecule has 1 aromatic heterocycles. The first kappa shape index (κ1) is 22.1. The molecule has 0 aliphatic rings. The number of ether oxygens (including phenoxy) is 3. The Labute approximate surface area is 169 Å². The van der Waals surface area contributed by atoms with Gasteiger partial charge in [-0.1, -0.05) is 18.2 Å². The number of esters is 2. The fourth-order valence-corrected chi connectivity index (χ4v) is 2.72. The lowest BCUT2D eigenvalue weighted by Gasteiger charge is -2.19. The highest BCUT2D eigenvalue weighted by molar-refractivity contribution is 5.98. The fraction of sp³-hybridized carbons (Fsp3) is 0.429. The van der Waals surface area contributed by atoms with Crippen molar-refractivity contribution in [2.24, 2.45) is 0 Å². The summed E-state index contributed by atoms with van der Waals surface area (Å²) in [5.41, 5.74) is 1.39. The number of aryl methyl sites for hydroxylation is 1. The molecule has 2 aromatic rings. The van der Waals surface area contributed by atoms with Crippen molar-refractivity contribution in [3.63, 3.8) is 0 Å². The van der Waals surface area contributed by atoms with E-state index in [1.165, 1.54) is 7.11 Å². The van der Waals surface area contributed by atoms with Crippen LogP contribution in [0.2, 0.25) is 0 Å². The predicted octanol–water partition coefficient (Wildman–Crippen LogP) is 3.29. The van der Waals surface area contributed by atoms with Gasteiger partial charge in [-0.15, -0.1) is 0 Å². The van der Waals surface area contributed by atoms with Crippen molar-refractivity contribution in [1.82, 2.24) is 10.3 Å². The summed E-state index contributed by atoms with van der Waals surface area (Å²) < 4.78 is 15.2. The molecule has 0 aliphatic carbocycles. The van der Waals surface area contributed by atoms with Crippen molar-refractivity contribution in [2.45, 2.75) is 46.3 Å². The van der Waals surface area contributed by atoms with E-state index in [9.17, 15) is 14.4 Å². The Morgan fingerprint density at radius 2 is 1.83 bits per heavy atom. The number of benzene rings is 1. The van der Waals surface area contributed by atoms with E-state index in [2.05, 4.69) is 10.3 Å². The summed E-state index contributed by atoms with van der Waals surface area (Å²) in [4.78, 5) is 40.3. The number of fused-ring (bicyclic) bond motifs is 1. The van der Waals surface area contributed by atoms with Crippen LogP contribution in [0.3, 0.4) is 0 Å². The van der Waals surface area contributed by atoms with E-state index in [1.54, 1.807) is 27.7 Å². The zero-order valence-electron chi connectivity index (χ0n) is 17.3. The Balaban J connectivity index is 2.03. The highest BCUT2D eigenvalue weighted by Crippen LogP contribution is 2.24. The maximum Gasteiger partial charge on any atom is 0.407 e. The molecule has 29 heavy (non-hydrogen) atoms. The second-order valence-electron chi connectivity index (χ2n) is 7.41.